The number of aliphatic hydroxyl groups is 1. The molecule has 2 N–H and O–H groups in total. The number of fused-ring (bicyclic) bond motifs is 1. The highest BCUT2D eigenvalue weighted by Gasteiger charge is 2.74. The van der Waals surface area contributed by atoms with E-state index in [1.807, 2.05) is 18.2 Å². The van der Waals surface area contributed by atoms with E-state index in [0.29, 0.717) is 24.8 Å². The number of thiazole rings is 1. The Kier molecular flexibility index (Phi) is 3.37. The van der Waals surface area contributed by atoms with Crippen LogP contribution in [0.25, 0.3) is 10.6 Å². The lowest BCUT2D eigenvalue weighted by Gasteiger charge is -2.17. The quantitative estimate of drug-likeness (QED) is 0.813. The van der Waals surface area contributed by atoms with Crippen molar-refractivity contribution in [1.82, 2.24) is 10.3 Å². The SMILES string of the molecule is O=C(NCCc1csc(-c2ccccc2)n1)C1CC2(O)C3C=CC1C32. The summed E-state index contributed by atoms with van der Waals surface area (Å²) in [5.74, 6) is 0.858. The first kappa shape index (κ1) is 15.3. The molecule has 0 radical (unpaired) electrons. The van der Waals surface area contributed by atoms with Gasteiger partial charge in [0.15, 0.2) is 0 Å². The van der Waals surface area contributed by atoms with Crippen LogP contribution in [0.15, 0.2) is 47.9 Å². The lowest BCUT2D eigenvalue weighted by molar-refractivity contribution is -0.126. The van der Waals surface area contributed by atoms with E-state index in [2.05, 4.69) is 40.0 Å². The Morgan fingerprint density at radius 2 is 2.16 bits per heavy atom. The van der Waals surface area contributed by atoms with E-state index in [1.54, 1.807) is 11.3 Å². The largest absolute Gasteiger partial charge is 0.389 e. The zero-order valence-electron chi connectivity index (χ0n) is 13.8. The van der Waals surface area contributed by atoms with Gasteiger partial charge >= 0.3 is 0 Å². The van der Waals surface area contributed by atoms with Gasteiger partial charge in [-0.3, -0.25) is 4.79 Å². The van der Waals surface area contributed by atoms with Crippen molar-refractivity contribution in [2.45, 2.75) is 18.4 Å². The molecule has 0 spiro atoms. The van der Waals surface area contributed by atoms with E-state index >= 15 is 0 Å². The van der Waals surface area contributed by atoms with E-state index in [1.165, 1.54) is 0 Å². The molecule has 4 nitrogen and oxygen atoms in total. The van der Waals surface area contributed by atoms with Crippen LogP contribution >= 0.6 is 11.3 Å². The smallest absolute Gasteiger partial charge is 0.223 e. The van der Waals surface area contributed by atoms with Crippen LogP contribution in [-0.4, -0.2) is 28.1 Å². The van der Waals surface area contributed by atoms with Crippen LogP contribution in [0.2, 0.25) is 0 Å². The lowest BCUT2D eigenvalue weighted by Crippen LogP contribution is -2.35. The summed E-state index contributed by atoms with van der Waals surface area (Å²) in [6.45, 7) is 0.594. The highest BCUT2D eigenvalue weighted by atomic mass is 32.1. The number of hydrogen-bond acceptors (Lipinski definition) is 4. The third kappa shape index (κ3) is 2.37. The first-order chi connectivity index (χ1) is 12.2. The minimum Gasteiger partial charge on any atom is -0.389 e. The van der Waals surface area contributed by atoms with Gasteiger partial charge in [0, 0.05) is 41.7 Å². The number of nitrogens with zero attached hydrogens (tertiary/aromatic N) is 1. The molecular weight excluding hydrogens is 332 g/mol. The molecule has 2 saturated carbocycles. The molecule has 25 heavy (non-hydrogen) atoms. The summed E-state index contributed by atoms with van der Waals surface area (Å²) in [6.07, 6.45) is 5.58. The van der Waals surface area contributed by atoms with Gasteiger partial charge in [-0.05, 0) is 12.3 Å². The van der Waals surface area contributed by atoms with E-state index in [4.69, 9.17) is 0 Å². The number of rotatable bonds is 5. The zero-order chi connectivity index (χ0) is 17.0. The highest BCUT2D eigenvalue weighted by molar-refractivity contribution is 7.13. The Labute approximate surface area is 150 Å². The third-order valence-electron chi connectivity index (χ3n) is 5.99. The number of carbonyl (C=O) groups excluding carboxylic acids is 1. The second-order valence-electron chi connectivity index (χ2n) is 7.37. The summed E-state index contributed by atoms with van der Waals surface area (Å²) in [5, 5.41) is 16.6. The average Bonchev–Trinajstić information content (AvgIpc) is 3.07. The first-order valence-corrected chi connectivity index (χ1v) is 9.73. The van der Waals surface area contributed by atoms with Gasteiger partial charge in [-0.15, -0.1) is 11.3 Å². The topological polar surface area (TPSA) is 62.2 Å². The number of amides is 1. The summed E-state index contributed by atoms with van der Waals surface area (Å²) in [4.78, 5) is 17.1. The normalized spacial score (nSPS) is 34.1. The second-order valence-corrected chi connectivity index (χ2v) is 8.22. The number of allylic oxidation sites excluding steroid dienone is 1. The van der Waals surface area contributed by atoms with Crippen LogP contribution in [0, 0.1) is 23.7 Å². The Balaban J connectivity index is 1.16. The highest BCUT2D eigenvalue weighted by Crippen LogP contribution is 2.69. The van der Waals surface area contributed by atoms with Gasteiger partial charge in [0.2, 0.25) is 5.91 Å². The Morgan fingerprint density at radius 1 is 1.32 bits per heavy atom. The van der Waals surface area contributed by atoms with Gasteiger partial charge in [0.05, 0.1) is 11.3 Å². The Bertz CT molecular complexity index is 846. The summed E-state index contributed by atoms with van der Waals surface area (Å²) in [6, 6.07) is 10.1. The molecular formula is C20H20N2O2S. The minimum absolute atomic E-state index is 0.0692. The molecule has 1 aromatic carbocycles. The van der Waals surface area contributed by atoms with E-state index < -0.39 is 5.60 Å². The fourth-order valence-corrected chi connectivity index (χ4v) is 5.56. The van der Waals surface area contributed by atoms with E-state index in [9.17, 15) is 9.90 Å². The fourth-order valence-electron chi connectivity index (χ4n) is 4.70. The number of benzene rings is 1. The van der Waals surface area contributed by atoms with E-state index in [0.717, 1.165) is 22.7 Å². The maximum Gasteiger partial charge on any atom is 0.223 e. The molecule has 1 amide bonds. The van der Waals surface area contributed by atoms with Gasteiger partial charge in [-0.25, -0.2) is 4.98 Å². The fraction of sp³-hybridized carbons (Fsp3) is 0.400. The number of nitrogens with one attached hydrogen (secondary N) is 1. The molecule has 1 aromatic heterocycles. The van der Waals surface area contributed by atoms with Crippen molar-refractivity contribution in [2.75, 3.05) is 6.54 Å². The van der Waals surface area contributed by atoms with Crippen molar-refractivity contribution >= 4 is 17.2 Å². The molecule has 5 unspecified atom stereocenters. The minimum atomic E-state index is -0.582. The molecule has 3 aliphatic carbocycles. The van der Waals surface area contributed by atoms with Gasteiger partial charge in [-0.2, -0.15) is 0 Å². The molecule has 2 aromatic rings. The van der Waals surface area contributed by atoms with Crippen molar-refractivity contribution < 1.29 is 9.90 Å². The number of aromatic nitrogens is 1. The van der Waals surface area contributed by atoms with Gasteiger partial charge in [0.25, 0.3) is 0 Å². The predicted molar refractivity (Wildman–Crippen MR) is 96.9 cm³/mol. The van der Waals surface area contributed by atoms with Crippen LogP contribution < -0.4 is 5.32 Å². The van der Waals surface area contributed by atoms with Crippen molar-refractivity contribution in [1.29, 1.82) is 0 Å². The molecule has 5 heteroatoms. The zero-order valence-corrected chi connectivity index (χ0v) is 14.6. The molecule has 2 fully saturated rings. The Hall–Kier alpha value is -1.98. The summed E-state index contributed by atoms with van der Waals surface area (Å²) >= 11 is 1.64. The van der Waals surface area contributed by atoms with Crippen molar-refractivity contribution in [3.63, 3.8) is 0 Å². The van der Waals surface area contributed by atoms with Crippen LogP contribution in [0.3, 0.4) is 0 Å². The monoisotopic (exact) mass is 352 g/mol. The molecule has 5 rings (SSSR count). The maximum absolute atomic E-state index is 12.5. The van der Waals surface area contributed by atoms with Crippen molar-refractivity contribution in [3.8, 4) is 10.6 Å². The van der Waals surface area contributed by atoms with Crippen molar-refractivity contribution in [3.05, 3.63) is 53.6 Å². The molecule has 0 saturated heterocycles. The molecule has 3 aliphatic rings. The van der Waals surface area contributed by atoms with Gasteiger partial charge in [0.1, 0.15) is 5.01 Å². The summed E-state index contributed by atoms with van der Waals surface area (Å²) in [7, 11) is 0. The maximum atomic E-state index is 12.5. The summed E-state index contributed by atoms with van der Waals surface area (Å²) in [5.41, 5.74) is 1.56. The van der Waals surface area contributed by atoms with Gasteiger partial charge in [-0.1, -0.05) is 42.5 Å². The molecule has 0 bridgehead atoms. The van der Waals surface area contributed by atoms with Crippen molar-refractivity contribution in [2.24, 2.45) is 23.7 Å². The Morgan fingerprint density at radius 3 is 2.96 bits per heavy atom. The number of hydrogen-bond donors (Lipinski definition) is 2. The van der Waals surface area contributed by atoms with Crippen LogP contribution in [0.5, 0.6) is 0 Å². The lowest BCUT2D eigenvalue weighted by atomic mass is 9.92. The van der Waals surface area contributed by atoms with E-state index in [-0.39, 0.29) is 17.7 Å². The van der Waals surface area contributed by atoms with Crippen LogP contribution in [-0.2, 0) is 11.2 Å². The van der Waals surface area contributed by atoms with Crippen LogP contribution in [0.1, 0.15) is 12.1 Å². The molecule has 1 heterocycles. The summed E-state index contributed by atoms with van der Waals surface area (Å²) < 4.78 is 0. The molecule has 5 atom stereocenters. The first-order valence-electron chi connectivity index (χ1n) is 8.85. The average molecular weight is 352 g/mol. The third-order valence-corrected chi connectivity index (χ3v) is 6.93. The number of carbonyl (C=O) groups is 1. The van der Waals surface area contributed by atoms with Gasteiger partial charge < -0.3 is 10.4 Å². The predicted octanol–water partition coefficient (Wildman–Crippen LogP) is 2.65. The standard InChI is InChI=1S/C20H20N2O2S/c23-18(15-10-20(24)16-7-6-14(15)17(16)20)21-9-8-13-11-25-19(22-13)12-4-2-1-3-5-12/h1-7,11,14-17,24H,8-10H2,(H,21,23). The van der Waals surface area contributed by atoms with Crippen LogP contribution in [0.4, 0.5) is 0 Å². The molecule has 0 aliphatic heterocycles. The second kappa shape index (κ2) is 5.51. The molecule has 128 valence electrons.